The summed E-state index contributed by atoms with van der Waals surface area (Å²) in [7, 11) is 0. The highest BCUT2D eigenvalue weighted by Crippen LogP contribution is 2.17. The Morgan fingerprint density at radius 2 is 2.47 bits per heavy atom. The molecule has 1 unspecified atom stereocenters. The van der Waals surface area contributed by atoms with Crippen molar-refractivity contribution in [2.24, 2.45) is 0 Å². The van der Waals surface area contributed by atoms with E-state index in [1.54, 1.807) is 12.3 Å². The first kappa shape index (κ1) is 11.0. The smallest absolute Gasteiger partial charge is 0.270 e. The molecule has 0 bridgehead atoms. The molecular weight excluding hydrogens is 276 g/mol. The molecule has 1 N–H and O–H groups in total. The van der Waals surface area contributed by atoms with Crippen LogP contribution in [0, 0.1) is 0 Å². The molecule has 1 aromatic rings. The number of carbonyl (C=O) groups excluding carboxylic acids is 1. The maximum absolute atomic E-state index is 11.7. The number of thioether (sulfide) groups is 1. The van der Waals surface area contributed by atoms with Crippen molar-refractivity contribution in [2.75, 3.05) is 11.5 Å². The van der Waals surface area contributed by atoms with Crippen molar-refractivity contribution in [2.45, 2.75) is 12.5 Å². The Balaban J connectivity index is 1.98. The average Bonchev–Trinajstić information content (AvgIpc) is 2.71. The van der Waals surface area contributed by atoms with Gasteiger partial charge in [0.15, 0.2) is 0 Å². The Labute approximate surface area is 101 Å². The van der Waals surface area contributed by atoms with Gasteiger partial charge < -0.3 is 5.32 Å². The second-order valence-corrected chi connectivity index (χ2v) is 5.46. The van der Waals surface area contributed by atoms with Crippen LogP contribution in [-0.4, -0.2) is 28.4 Å². The third-order valence-corrected chi connectivity index (χ3v) is 3.86. The summed E-state index contributed by atoms with van der Waals surface area (Å²) in [6.07, 6.45) is 2.70. The predicted molar refractivity (Wildman–Crippen MR) is 65.1 cm³/mol. The van der Waals surface area contributed by atoms with Gasteiger partial charge in [-0.3, -0.25) is 4.79 Å². The summed E-state index contributed by atoms with van der Waals surface area (Å²) in [5, 5.41) is 2.98. The summed E-state index contributed by atoms with van der Waals surface area (Å²) < 4.78 is 0.885. The van der Waals surface area contributed by atoms with Crippen molar-refractivity contribution in [3.63, 3.8) is 0 Å². The highest BCUT2D eigenvalue weighted by Gasteiger charge is 2.18. The Hall–Kier alpha value is -0.550. The van der Waals surface area contributed by atoms with Crippen LogP contribution in [0.25, 0.3) is 0 Å². The Kier molecular flexibility index (Phi) is 3.64. The number of nitrogens with zero attached hydrogens (tertiary/aromatic N) is 1. The first-order valence-corrected chi connectivity index (χ1v) is 6.70. The number of carbonyl (C=O) groups is 1. The first-order chi connectivity index (χ1) is 7.25. The van der Waals surface area contributed by atoms with Crippen LogP contribution in [0.4, 0.5) is 0 Å². The quantitative estimate of drug-likeness (QED) is 0.905. The van der Waals surface area contributed by atoms with Crippen molar-refractivity contribution in [3.05, 3.63) is 28.5 Å². The molecule has 0 radical (unpaired) electrons. The fourth-order valence-electron chi connectivity index (χ4n) is 1.42. The summed E-state index contributed by atoms with van der Waals surface area (Å²) in [4.78, 5) is 15.8. The van der Waals surface area contributed by atoms with Crippen LogP contribution in [0.2, 0.25) is 0 Å². The van der Waals surface area contributed by atoms with Gasteiger partial charge in [-0.05, 0) is 40.2 Å². The van der Waals surface area contributed by atoms with Gasteiger partial charge in [-0.2, -0.15) is 11.8 Å². The molecule has 3 nitrogen and oxygen atoms in total. The molecule has 0 saturated carbocycles. The number of hydrogen-bond donors (Lipinski definition) is 1. The number of aromatic nitrogens is 1. The fourth-order valence-corrected chi connectivity index (χ4v) is 2.80. The Morgan fingerprint density at radius 1 is 1.60 bits per heavy atom. The van der Waals surface area contributed by atoms with Gasteiger partial charge in [0.05, 0.1) is 0 Å². The molecule has 1 aliphatic heterocycles. The second kappa shape index (κ2) is 4.99. The molecule has 0 spiro atoms. The van der Waals surface area contributed by atoms with Crippen molar-refractivity contribution in [1.29, 1.82) is 0 Å². The molecule has 1 atom stereocenters. The van der Waals surface area contributed by atoms with E-state index in [4.69, 9.17) is 0 Å². The van der Waals surface area contributed by atoms with Crippen LogP contribution in [-0.2, 0) is 0 Å². The highest BCUT2D eigenvalue weighted by molar-refractivity contribution is 9.10. The summed E-state index contributed by atoms with van der Waals surface area (Å²) >= 11 is 5.16. The van der Waals surface area contributed by atoms with E-state index in [-0.39, 0.29) is 5.91 Å². The monoisotopic (exact) mass is 286 g/mol. The summed E-state index contributed by atoms with van der Waals surface area (Å²) in [6, 6.07) is 3.86. The van der Waals surface area contributed by atoms with Crippen molar-refractivity contribution in [3.8, 4) is 0 Å². The van der Waals surface area contributed by atoms with Crippen LogP contribution >= 0.6 is 27.7 Å². The minimum absolute atomic E-state index is 0.0741. The van der Waals surface area contributed by atoms with E-state index in [0.717, 1.165) is 22.4 Å². The molecule has 15 heavy (non-hydrogen) atoms. The average molecular weight is 287 g/mol. The lowest BCUT2D eigenvalue weighted by molar-refractivity contribution is 0.0936. The first-order valence-electron chi connectivity index (χ1n) is 4.76. The molecule has 0 aliphatic carbocycles. The maximum atomic E-state index is 11.7. The minimum Gasteiger partial charge on any atom is -0.347 e. The molecule has 1 amide bonds. The maximum Gasteiger partial charge on any atom is 0.270 e. The Bertz CT molecular complexity index is 349. The van der Waals surface area contributed by atoms with Gasteiger partial charge in [-0.25, -0.2) is 4.98 Å². The van der Waals surface area contributed by atoms with Gasteiger partial charge in [0.25, 0.3) is 5.91 Å². The van der Waals surface area contributed by atoms with Gasteiger partial charge in [-0.15, -0.1) is 0 Å². The third kappa shape index (κ3) is 2.95. The number of rotatable bonds is 2. The third-order valence-electron chi connectivity index (χ3n) is 2.22. The zero-order chi connectivity index (χ0) is 10.7. The molecule has 2 rings (SSSR count). The van der Waals surface area contributed by atoms with Crippen LogP contribution in [0.1, 0.15) is 16.9 Å². The summed E-state index contributed by atoms with van der Waals surface area (Å²) in [5.41, 5.74) is 0.482. The number of halogens is 1. The minimum atomic E-state index is -0.0741. The lowest BCUT2D eigenvalue weighted by Gasteiger charge is -2.10. The lowest BCUT2D eigenvalue weighted by atomic mass is 10.2. The zero-order valence-electron chi connectivity index (χ0n) is 8.07. The topological polar surface area (TPSA) is 42.0 Å². The number of pyridine rings is 1. The van der Waals surface area contributed by atoms with E-state index in [9.17, 15) is 4.79 Å². The van der Waals surface area contributed by atoms with Crippen molar-refractivity contribution < 1.29 is 4.79 Å². The highest BCUT2D eigenvalue weighted by atomic mass is 79.9. The predicted octanol–water partition coefficient (Wildman–Crippen LogP) is 2.08. The van der Waals surface area contributed by atoms with E-state index < -0.39 is 0 Å². The van der Waals surface area contributed by atoms with Crippen molar-refractivity contribution in [1.82, 2.24) is 10.3 Å². The molecule has 0 aromatic carbocycles. The molecule has 2 heterocycles. The number of hydrogen-bond acceptors (Lipinski definition) is 3. The largest absolute Gasteiger partial charge is 0.347 e. The molecule has 1 aliphatic rings. The van der Waals surface area contributed by atoms with E-state index in [2.05, 4.69) is 26.2 Å². The Morgan fingerprint density at radius 3 is 3.07 bits per heavy atom. The van der Waals surface area contributed by atoms with Gasteiger partial charge in [0, 0.05) is 22.5 Å². The molecular formula is C10H11BrN2OS. The van der Waals surface area contributed by atoms with E-state index in [1.165, 1.54) is 0 Å². The molecule has 1 fully saturated rings. The van der Waals surface area contributed by atoms with Gasteiger partial charge in [0.2, 0.25) is 0 Å². The SMILES string of the molecule is O=C(NC1CCSC1)c1ccc(Br)cn1. The molecule has 1 saturated heterocycles. The summed E-state index contributed by atoms with van der Waals surface area (Å²) in [5.74, 6) is 2.08. The van der Waals surface area contributed by atoms with E-state index in [0.29, 0.717) is 11.7 Å². The second-order valence-electron chi connectivity index (χ2n) is 3.40. The standard InChI is InChI=1S/C10H11BrN2OS/c11-7-1-2-9(12-5-7)10(14)13-8-3-4-15-6-8/h1-2,5,8H,3-4,6H2,(H,13,14). The fraction of sp³-hybridized carbons (Fsp3) is 0.400. The number of nitrogens with one attached hydrogen (secondary N) is 1. The van der Waals surface area contributed by atoms with Gasteiger partial charge >= 0.3 is 0 Å². The summed E-state index contributed by atoms with van der Waals surface area (Å²) in [6.45, 7) is 0. The van der Waals surface area contributed by atoms with Crippen LogP contribution < -0.4 is 5.32 Å². The lowest BCUT2D eigenvalue weighted by Crippen LogP contribution is -2.35. The van der Waals surface area contributed by atoms with Crippen LogP contribution in [0.5, 0.6) is 0 Å². The molecule has 80 valence electrons. The van der Waals surface area contributed by atoms with Gasteiger partial charge in [-0.1, -0.05) is 0 Å². The van der Waals surface area contributed by atoms with E-state index >= 15 is 0 Å². The zero-order valence-corrected chi connectivity index (χ0v) is 10.5. The molecule has 5 heteroatoms. The number of amides is 1. The normalized spacial score (nSPS) is 20.2. The van der Waals surface area contributed by atoms with Gasteiger partial charge in [0.1, 0.15) is 5.69 Å². The van der Waals surface area contributed by atoms with E-state index in [1.807, 2.05) is 17.8 Å². The van der Waals surface area contributed by atoms with Crippen LogP contribution in [0.3, 0.4) is 0 Å². The van der Waals surface area contributed by atoms with Crippen molar-refractivity contribution >= 4 is 33.6 Å². The molecule has 1 aromatic heterocycles. The van der Waals surface area contributed by atoms with Crippen LogP contribution in [0.15, 0.2) is 22.8 Å².